The number of rotatable bonds is 5. The second-order valence-electron chi connectivity index (χ2n) is 4.45. The first-order valence-electron chi connectivity index (χ1n) is 5.92. The van der Waals surface area contributed by atoms with Crippen molar-refractivity contribution < 1.29 is 23.0 Å². The van der Waals surface area contributed by atoms with Crippen molar-refractivity contribution in [1.82, 2.24) is 0 Å². The number of ether oxygens (including phenoxy) is 2. The monoisotopic (exact) mass is 271 g/mol. The number of anilines is 1. The standard InChI is InChI=1S/C13H15F2NO3/c1-18-8-9-3-2-4-10(5-9)16-7-11-6-13(14,15)12(17)19-11/h2-5,11,16H,6-8H2,1H3. The summed E-state index contributed by atoms with van der Waals surface area (Å²) >= 11 is 0. The quantitative estimate of drug-likeness (QED) is 0.834. The SMILES string of the molecule is COCc1cccc(NCC2CC(F)(F)C(=O)O2)c1. The highest BCUT2D eigenvalue weighted by molar-refractivity contribution is 5.79. The molecule has 0 bridgehead atoms. The van der Waals surface area contributed by atoms with Gasteiger partial charge < -0.3 is 14.8 Å². The van der Waals surface area contributed by atoms with Gasteiger partial charge in [0.1, 0.15) is 6.10 Å². The van der Waals surface area contributed by atoms with Gasteiger partial charge in [-0.15, -0.1) is 0 Å². The van der Waals surface area contributed by atoms with Crippen LogP contribution in [0.5, 0.6) is 0 Å². The van der Waals surface area contributed by atoms with Gasteiger partial charge in [-0.3, -0.25) is 0 Å². The molecule has 1 aromatic carbocycles. The Hall–Kier alpha value is -1.69. The third-order valence-electron chi connectivity index (χ3n) is 2.83. The fourth-order valence-corrected chi connectivity index (χ4v) is 1.93. The van der Waals surface area contributed by atoms with Gasteiger partial charge in [-0.25, -0.2) is 4.79 Å². The van der Waals surface area contributed by atoms with Gasteiger partial charge in [-0.1, -0.05) is 12.1 Å². The molecule has 1 aliphatic rings. The van der Waals surface area contributed by atoms with E-state index in [0.717, 1.165) is 11.3 Å². The van der Waals surface area contributed by atoms with Crippen LogP contribution in [-0.2, 0) is 20.9 Å². The normalized spacial score (nSPS) is 21.2. The van der Waals surface area contributed by atoms with Crippen LogP contribution in [0, 0.1) is 0 Å². The molecule has 0 radical (unpaired) electrons. The second-order valence-corrected chi connectivity index (χ2v) is 4.45. The lowest BCUT2D eigenvalue weighted by Gasteiger charge is -2.12. The maximum atomic E-state index is 13.0. The molecule has 1 unspecified atom stereocenters. The molecule has 2 rings (SSSR count). The Balaban J connectivity index is 1.89. The van der Waals surface area contributed by atoms with E-state index in [1.54, 1.807) is 7.11 Å². The van der Waals surface area contributed by atoms with E-state index in [2.05, 4.69) is 10.1 Å². The summed E-state index contributed by atoms with van der Waals surface area (Å²) in [6.07, 6.45) is -1.37. The van der Waals surface area contributed by atoms with Crippen molar-refractivity contribution in [3.63, 3.8) is 0 Å². The largest absolute Gasteiger partial charge is 0.456 e. The maximum Gasteiger partial charge on any atom is 0.377 e. The zero-order valence-corrected chi connectivity index (χ0v) is 10.5. The topological polar surface area (TPSA) is 47.6 Å². The number of hydrogen-bond acceptors (Lipinski definition) is 4. The Bertz CT molecular complexity index is 465. The summed E-state index contributed by atoms with van der Waals surface area (Å²) in [5, 5.41) is 2.98. The number of methoxy groups -OCH3 is 1. The van der Waals surface area contributed by atoms with Crippen LogP contribution in [0.2, 0.25) is 0 Å². The fourth-order valence-electron chi connectivity index (χ4n) is 1.93. The van der Waals surface area contributed by atoms with Crippen LogP contribution >= 0.6 is 0 Å². The van der Waals surface area contributed by atoms with Gasteiger partial charge >= 0.3 is 11.9 Å². The van der Waals surface area contributed by atoms with Crippen molar-refractivity contribution in [3.05, 3.63) is 29.8 Å². The summed E-state index contributed by atoms with van der Waals surface area (Å²) in [5.74, 6) is -4.79. The van der Waals surface area contributed by atoms with E-state index < -0.39 is 24.4 Å². The molecular formula is C13H15F2NO3. The smallest absolute Gasteiger partial charge is 0.377 e. The van der Waals surface area contributed by atoms with E-state index in [-0.39, 0.29) is 6.54 Å². The molecular weight excluding hydrogens is 256 g/mol. The Morgan fingerprint density at radius 3 is 2.95 bits per heavy atom. The summed E-state index contributed by atoms with van der Waals surface area (Å²) in [5.41, 5.74) is 1.75. The molecule has 1 atom stereocenters. The van der Waals surface area contributed by atoms with Gasteiger partial charge in [-0.05, 0) is 17.7 Å². The minimum atomic E-state index is -3.36. The highest BCUT2D eigenvalue weighted by atomic mass is 19.3. The van der Waals surface area contributed by atoms with Crippen molar-refractivity contribution >= 4 is 11.7 Å². The highest BCUT2D eigenvalue weighted by Crippen LogP contribution is 2.30. The van der Waals surface area contributed by atoms with Crippen LogP contribution in [0.15, 0.2) is 24.3 Å². The van der Waals surface area contributed by atoms with Crippen LogP contribution < -0.4 is 5.32 Å². The molecule has 0 amide bonds. The number of alkyl halides is 2. The van der Waals surface area contributed by atoms with E-state index in [9.17, 15) is 13.6 Å². The van der Waals surface area contributed by atoms with Gasteiger partial charge in [0.25, 0.3) is 0 Å². The molecule has 104 valence electrons. The molecule has 1 heterocycles. The number of cyclic esters (lactones) is 1. The number of benzene rings is 1. The Labute approximate surface area is 109 Å². The van der Waals surface area contributed by atoms with Gasteiger partial charge in [0.05, 0.1) is 19.6 Å². The predicted octanol–water partition coefficient (Wildman–Crippen LogP) is 2.20. The van der Waals surface area contributed by atoms with Crippen LogP contribution in [0.1, 0.15) is 12.0 Å². The third-order valence-corrected chi connectivity index (χ3v) is 2.83. The molecule has 0 aromatic heterocycles. The van der Waals surface area contributed by atoms with Crippen molar-refractivity contribution in [2.75, 3.05) is 19.0 Å². The lowest BCUT2D eigenvalue weighted by molar-refractivity contribution is -0.158. The third kappa shape index (κ3) is 3.41. The molecule has 1 N–H and O–H groups in total. The van der Waals surface area contributed by atoms with Crippen molar-refractivity contribution in [3.8, 4) is 0 Å². The molecule has 1 aliphatic heterocycles. The average Bonchev–Trinajstić information content (AvgIpc) is 2.62. The molecule has 6 heteroatoms. The average molecular weight is 271 g/mol. The van der Waals surface area contributed by atoms with Crippen molar-refractivity contribution in [2.45, 2.75) is 25.1 Å². The van der Waals surface area contributed by atoms with Crippen LogP contribution in [-0.4, -0.2) is 31.7 Å². The molecule has 4 nitrogen and oxygen atoms in total. The summed E-state index contributed by atoms with van der Waals surface area (Å²) < 4.78 is 35.5. The summed E-state index contributed by atoms with van der Waals surface area (Å²) in [6, 6.07) is 7.41. The lowest BCUT2D eigenvalue weighted by atomic mass is 10.2. The van der Waals surface area contributed by atoms with Crippen LogP contribution in [0.3, 0.4) is 0 Å². The Morgan fingerprint density at radius 2 is 2.32 bits per heavy atom. The zero-order valence-electron chi connectivity index (χ0n) is 10.5. The highest BCUT2D eigenvalue weighted by Gasteiger charge is 2.50. The Kier molecular flexibility index (Phi) is 3.99. The summed E-state index contributed by atoms with van der Waals surface area (Å²) in [4.78, 5) is 10.8. The van der Waals surface area contributed by atoms with Crippen LogP contribution in [0.25, 0.3) is 0 Å². The molecule has 1 fully saturated rings. The second kappa shape index (κ2) is 5.52. The minimum absolute atomic E-state index is 0.164. The predicted molar refractivity (Wildman–Crippen MR) is 65.1 cm³/mol. The van der Waals surface area contributed by atoms with Crippen LogP contribution in [0.4, 0.5) is 14.5 Å². The fraction of sp³-hybridized carbons (Fsp3) is 0.462. The molecule has 1 saturated heterocycles. The van der Waals surface area contributed by atoms with Crippen molar-refractivity contribution in [1.29, 1.82) is 0 Å². The lowest BCUT2D eigenvalue weighted by Crippen LogP contribution is -2.22. The summed E-state index contributed by atoms with van der Waals surface area (Å²) in [6.45, 7) is 0.643. The molecule has 0 aliphatic carbocycles. The number of halogens is 2. The minimum Gasteiger partial charge on any atom is -0.456 e. The number of carbonyl (C=O) groups excluding carboxylic acids is 1. The van der Waals surface area contributed by atoms with Gasteiger partial charge in [0.2, 0.25) is 0 Å². The van der Waals surface area contributed by atoms with E-state index in [0.29, 0.717) is 6.61 Å². The number of esters is 1. The Morgan fingerprint density at radius 1 is 1.53 bits per heavy atom. The first-order chi connectivity index (χ1) is 9.01. The van der Waals surface area contributed by atoms with Gasteiger partial charge in [-0.2, -0.15) is 8.78 Å². The maximum absolute atomic E-state index is 13.0. The van der Waals surface area contributed by atoms with E-state index in [1.807, 2.05) is 24.3 Å². The number of hydrogen-bond donors (Lipinski definition) is 1. The first kappa shape index (κ1) is 13.7. The summed E-state index contributed by atoms with van der Waals surface area (Å²) in [7, 11) is 1.60. The van der Waals surface area contributed by atoms with Gasteiger partial charge in [0, 0.05) is 12.8 Å². The first-order valence-corrected chi connectivity index (χ1v) is 5.92. The van der Waals surface area contributed by atoms with E-state index in [1.165, 1.54) is 0 Å². The van der Waals surface area contributed by atoms with E-state index >= 15 is 0 Å². The molecule has 0 spiro atoms. The molecule has 0 saturated carbocycles. The van der Waals surface area contributed by atoms with Gasteiger partial charge in [0.15, 0.2) is 0 Å². The van der Waals surface area contributed by atoms with Crippen molar-refractivity contribution in [2.24, 2.45) is 0 Å². The number of nitrogens with one attached hydrogen (secondary N) is 1. The number of carbonyl (C=O) groups is 1. The molecule has 19 heavy (non-hydrogen) atoms. The van der Waals surface area contributed by atoms with E-state index in [4.69, 9.17) is 4.74 Å². The zero-order chi connectivity index (χ0) is 13.9. The molecule has 1 aromatic rings.